The van der Waals surface area contributed by atoms with Gasteiger partial charge in [-0.15, -0.1) is 11.3 Å². The lowest BCUT2D eigenvalue weighted by molar-refractivity contribution is 0.0863. The van der Waals surface area contributed by atoms with Gasteiger partial charge < -0.3 is 5.32 Å². The Morgan fingerprint density at radius 2 is 2.00 bits per heavy atom. The van der Waals surface area contributed by atoms with E-state index < -0.39 is 0 Å². The molecule has 0 aromatic carbocycles. The highest BCUT2D eigenvalue weighted by molar-refractivity contribution is 7.11. The fraction of sp³-hybridized carbons (Fsp3) is 0.765. The molecular formula is C17H27N3OS. The second kappa shape index (κ2) is 7.55. The number of carbonyl (C=O) groups is 1. The molecule has 0 radical (unpaired) electrons. The van der Waals surface area contributed by atoms with Crippen molar-refractivity contribution >= 4 is 17.2 Å². The Balaban J connectivity index is 1.56. The van der Waals surface area contributed by atoms with Crippen LogP contribution >= 0.6 is 11.3 Å². The minimum atomic E-state index is 0.0627. The number of likely N-dealkylation sites (tertiary alicyclic amines) is 1. The highest BCUT2D eigenvalue weighted by Crippen LogP contribution is 2.25. The number of nitrogens with one attached hydrogen (secondary N) is 1. The lowest BCUT2D eigenvalue weighted by atomic mass is 10.00. The van der Waals surface area contributed by atoms with Crippen LogP contribution in [0.2, 0.25) is 0 Å². The zero-order valence-electron chi connectivity index (χ0n) is 13.5. The summed E-state index contributed by atoms with van der Waals surface area (Å²) in [4.78, 5) is 20.0. The van der Waals surface area contributed by atoms with E-state index in [2.05, 4.69) is 15.2 Å². The summed E-state index contributed by atoms with van der Waals surface area (Å²) in [6.07, 6.45) is 10.5. The zero-order valence-corrected chi connectivity index (χ0v) is 14.3. The molecule has 122 valence electrons. The van der Waals surface area contributed by atoms with Gasteiger partial charge in [0.15, 0.2) is 0 Å². The van der Waals surface area contributed by atoms with Gasteiger partial charge in [-0.1, -0.05) is 25.7 Å². The normalized spacial score (nSPS) is 24.9. The van der Waals surface area contributed by atoms with E-state index in [-0.39, 0.29) is 5.91 Å². The van der Waals surface area contributed by atoms with Gasteiger partial charge in [0.05, 0.1) is 11.2 Å². The van der Waals surface area contributed by atoms with E-state index in [0.29, 0.717) is 6.04 Å². The molecule has 1 aliphatic heterocycles. The molecule has 1 unspecified atom stereocenters. The van der Waals surface area contributed by atoms with Crippen LogP contribution in [-0.4, -0.2) is 41.0 Å². The van der Waals surface area contributed by atoms with E-state index in [1.165, 1.54) is 62.8 Å². The molecule has 22 heavy (non-hydrogen) atoms. The number of aryl methyl sites for hydroxylation is 1. The van der Waals surface area contributed by atoms with Gasteiger partial charge in [-0.2, -0.15) is 0 Å². The lowest BCUT2D eigenvalue weighted by Gasteiger charge is -2.38. The number of amides is 1. The van der Waals surface area contributed by atoms with Gasteiger partial charge in [-0.3, -0.25) is 9.69 Å². The van der Waals surface area contributed by atoms with E-state index in [1.54, 1.807) is 5.51 Å². The molecule has 0 spiro atoms. The number of piperidine rings is 1. The average molecular weight is 321 g/mol. The molecule has 1 saturated carbocycles. The molecule has 1 aromatic rings. The SMILES string of the molecule is Cc1ncsc1C(=O)NC1CCCN(C2CCCCCC2)C1. The fourth-order valence-corrected chi connectivity index (χ4v) is 4.56. The molecule has 3 rings (SSSR count). The summed E-state index contributed by atoms with van der Waals surface area (Å²) < 4.78 is 0. The molecule has 1 aromatic heterocycles. The van der Waals surface area contributed by atoms with Gasteiger partial charge in [-0.25, -0.2) is 4.98 Å². The molecule has 4 nitrogen and oxygen atoms in total. The topological polar surface area (TPSA) is 45.2 Å². The monoisotopic (exact) mass is 321 g/mol. The second-order valence-corrected chi connectivity index (χ2v) is 7.57. The summed E-state index contributed by atoms with van der Waals surface area (Å²) in [5.74, 6) is 0.0627. The van der Waals surface area contributed by atoms with Crippen molar-refractivity contribution in [1.82, 2.24) is 15.2 Å². The standard InChI is InChI=1S/C17H27N3OS/c1-13-16(22-12-18-13)17(21)19-14-7-6-10-20(11-14)15-8-4-2-3-5-9-15/h12,14-15H,2-11H2,1H3,(H,19,21). The third-order valence-electron chi connectivity index (χ3n) is 5.08. The number of thiazole rings is 1. The summed E-state index contributed by atoms with van der Waals surface area (Å²) in [6, 6.07) is 1.04. The third kappa shape index (κ3) is 3.87. The van der Waals surface area contributed by atoms with Crippen LogP contribution in [0.15, 0.2) is 5.51 Å². The van der Waals surface area contributed by atoms with Crippen LogP contribution in [0.3, 0.4) is 0 Å². The van der Waals surface area contributed by atoms with Gasteiger partial charge in [0, 0.05) is 18.6 Å². The highest BCUT2D eigenvalue weighted by Gasteiger charge is 2.27. The first kappa shape index (κ1) is 15.9. The maximum Gasteiger partial charge on any atom is 0.263 e. The van der Waals surface area contributed by atoms with Crippen molar-refractivity contribution in [2.75, 3.05) is 13.1 Å². The molecule has 2 fully saturated rings. The van der Waals surface area contributed by atoms with E-state index in [9.17, 15) is 4.79 Å². The van der Waals surface area contributed by atoms with Crippen LogP contribution in [0.1, 0.15) is 66.7 Å². The Bertz CT molecular complexity index is 494. The first-order valence-corrected chi connectivity index (χ1v) is 9.57. The summed E-state index contributed by atoms with van der Waals surface area (Å²) in [7, 11) is 0. The summed E-state index contributed by atoms with van der Waals surface area (Å²) in [5, 5.41) is 3.24. The van der Waals surface area contributed by atoms with Gasteiger partial charge >= 0.3 is 0 Å². The predicted octanol–water partition coefficient (Wildman–Crippen LogP) is 3.37. The maximum atomic E-state index is 12.4. The Morgan fingerprint density at radius 3 is 2.68 bits per heavy atom. The number of hydrogen-bond donors (Lipinski definition) is 1. The number of rotatable bonds is 3. The summed E-state index contributed by atoms with van der Waals surface area (Å²) in [6.45, 7) is 4.13. The van der Waals surface area contributed by atoms with E-state index in [4.69, 9.17) is 0 Å². The van der Waals surface area contributed by atoms with Crippen LogP contribution in [0.5, 0.6) is 0 Å². The van der Waals surface area contributed by atoms with Crippen molar-refractivity contribution in [3.05, 3.63) is 16.1 Å². The summed E-state index contributed by atoms with van der Waals surface area (Å²) in [5.41, 5.74) is 2.60. The number of hydrogen-bond acceptors (Lipinski definition) is 4. The van der Waals surface area contributed by atoms with Crippen LogP contribution in [-0.2, 0) is 0 Å². The fourth-order valence-electron chi connectivity index (χ4n) is 3.85. The van der Waals surface area contributed by atoms with Crippen molar-refractivity contribution in [2.24, 2.45) is 0 Å². The number of carbonyl (C=O) groups excluding carboxylic acids is 1. The van der Waals surface area contributed by atoms with E-state index in [0.717, 1.165) is 29.6 Å². The average Bonchev–Trinajstić information content (AvgIpc) is 2.78. The molecule has 1 amide bonds. The zero-order chi connectivity index (χ0) is 15.4. The molecule has 5 heteroatoms. The summed E-state index contributed by atoms with van der Waals surface area (Å²) >= 11 is 1.44. The van der Waals surface area contributed by atoms with Gasteiger partial charge in [0.2, 0.25) is 0 Å². The first-order valence-electron chi connectivity index (χ1n) is 8.69. The van der Waals surface area contributed by atoms with E-state index >= 15 is 0 Å². The maximum absolute atomic E-state index is 12.4. The third-order valence-corrected chi connectivity index (χ3v) is 6.01. The quantitative estimate of drug-likeness (QED) is 0.868. The minimum absolute atomic E-state index is 0.0627. The molecule has 1 atom stereocenters. The Morgan fingerprint density at radius 1 is 1.23 bits per heavy atom. The Hall–Kier alpha value is -0.940. The number of nitrogens with zero attached hydrogens (tertiary/aromatic N) is 2. The van der Waals surface area contributed by atoms with Crippen molar-refractivity contribution < 1.29 is 4.79 Å². The Labute approximate surface area is 137 Å². The molecule has 2 heterocycles. The van der Waals surface area contributed by atoms with Crippen molar-refractivity contribution in [2.45, 2.75) is 70.4 Å². The van der Waals surface area contributed by atoms with Gasteiger partial charge in [0.25, 0.3) is 5.91 Å². The molecule has 2 aliphatic rings. The highest BCUT2D eigenvalue weighted by atomic mass is 32.1. The molecule has 1 N–H and O–H groups in total. The van der Waals surface area contributed by atoms with Crippen LogP contribution in [0.25, 0.3) is 0 Å². The predicted molar refractivity (Wildman–Crippen MR) is 90.4 cm³/mol. The van der Waals surface area contributed by atoms with Gasteiger partial charge in [0.1, 0.15) is 4.88 Å². The van der Waals surface area contributed by atoms with Crippen molar-refractivity contribution in [3.8, 4) is 0 Å². The minimum Gasteiger partial charge on any atom is -0.347 e. The molecule has 0 bridgehead atoms. The first-order chi connectivity index (χ1) is 10.7. The second-order valence-electron chi connectivity index (χ2n) is 6.72. The Kier molecular flexibility index (Phi) is 5.47. The molecular weight excluding hydrogens is 294 g/mol. The van der Waals surface area contributed by atoms with Crippen molar-refractivity contribution in [3.63, 3.8) is 0 Å². The molecule has 1 saturated heterocycles. The lowest BCUT2D eigenvalue weighted by Crippen LogP contribution is -2.50. The molecule has 1 aliphatic carbocycles. The smallest absolute Gasteiger partial charge is 0.263 e. The van der Waals surface area contributed by atoms with Crippen molar-refractivity contribution in [1.29, 1.82) is 0 Å². The van der Waals surface area contributed by atoms with Crippen LogP contribution in [0.4, 0.5) is 0 Å². The van der Waals surface area contributed by atoms with Crippen LogP contribution in [0, 0.1) is 6.92 Å². The van der Waals surface area contributed by atoms with E-state index in [1.807, 2.05) is 6.92 Å². The van der Waals surface area contributed by atoms with Crippen LogP contribution < -0.4 is 5.32 Å². The van der Waals surface area contributed by atoms with Gasteiger partial charge in [-0.05, 0) is 39.2 Å². The largest absolute Gasteiger partial charge is 0.347 e. The number of aromatic nitrogens is 1.